The molecule has 1 fully saturated rings. The second kappa shape index (κ2) is 7.68. The van der Waals surface area contributed by atoms with E-state index >= 15 is 0 Å². The summed E-state index contributed by atoms with van der Waals surface area (Å²) in [7, 11) is 0. The molecule has 0 unspecified atom stereocenters. The number of rotatable bonds is 5. The number of nitrogens with zero attached hydrogens (tertiary/aromatic N) is 1. The van der Waals surface area contributed by atoms with Gasteiger partial charge in [-0.25, -0.2) is 0 Å². The molecule has 0 N–H and O–H groups in total. The maximum atomic E-state index is 11.6. The van der Waals surface area contributed by atoms with Crippen LogP contribution in [0.15, 0.2) is 0 Å². The predicted octanol–water partition coefficient (Wildman–Crippen LogP) is 0.948. The zero-order chi connectivity index (χ0) is 11.8. The third-order valence-electron chi connectivity index (χ3n) is 2.36. The first-order chi connectivity index (χ1) is 7.72. The molecule has 0 aromatic heterocycles. The van der Waals surface area contributed by atoms with Crippen molar-refractivity contribution in [1.82, 2.24) is 4.90 Å². The molecule has 4 nitrogen and oxygen atoms in total. The quantitative estimate of drug-likeness (QED) is 0.533. The molecule has 1 aliphatic rings. The van der Waals surface area contributed by atoms with Gasteiger partial charge in [0.1, 0.15) is 6.42 Å². The van der Waals surface area contributed by atoms with Crippen LogP contribution >= 0.6 is 11.8 Å². The smallest absolute Gasteiger partial charge is 0.313 e. The minimum absolute atomic E-state index is 0.0367. The van der Waals surface area contributed by atoms with Crippen LogP contribution in [0.1, 0.15) is 19.8 Å². The Hall–Kier alpha value is -0.550. The molecule has 1 aliphatic heterocycles. The van der Waals surface area contributed by atoms with Gasteiger partial charge in [0.05, 0.1) is 13.2 Å². The van der Waals surface area contributed by atoms with Gasteiger partial charge in [-0.05, 0) is 25.6 Å². The van der Waals surface area contributed by atoms with Gasteiger partial charge >= 0.3 is 5.97 Å². The lowest BCUT2D eigenvalue weighted by Crippen LogP contribution is -2.32. The zero-order valence-electron chi connectivity index (χ0n) is 9.74. The van der Waals surface area contributed by atoms with Crippen molar-refractivity contribution >= 4 is 23.5 Å². The van der Waals surface area contributed by atoms with Gasteiger partial charge in [-0.1, -0.05) is 0 Å². The fourth-order valence-corrected chi connectivity index (χ4v) is 2.56. The number of carbonyl (C=O) groups is 2. The minimum Gasteiger partial charge on any atom is -0.466 e. The van der Waals surface area contributed by atoms with Crippen molar-refractivity contribution in [2.24, 2.45) is 0 Å². The summed E-state index contributed by atoms with van der Waals surface area (Å²) < 4.78 is 4.74. The largest absolute Gasteiger partial charge is 0.466 e. The average Bonchev–Trinajstić information content (AvgIpc) is 2.46. The van der Waals surface area contributed by atoms with Gasteiger partial charge < -0.3 is 4.74 Å². The van der Waals surface area contributed by atoms with Gasteiger partial charge in [-0.15, -0.1) is 0 Å². The van der Waals surface area contributed by atoms with E-state index in [0.717, 1.165) is 25.3 Å². The van der Waals surface area contributed by atoms with Crippen LogP contribution in [-0.2, 0) is 14.3 Å². The number of Topliss-reactive ketones (excluding diaryl/α,β-unsaturated/α-hetero) is 1. The summed E-state index contributed by atoms with van der Waals surface area (Å²) in [5, 5.41) is 0. The van der Waals surface area contributed by atoms with Crippen molar-refractivity contribution in [3.05, 3.63) is 0 Å². The summed E-state index contributed by atoms with van der Waals surface area (Å²) in [4.78, 5) is 24.8. The average molecular weight is 245 g/mol. The molecule has 0 saturated carbocycles. The van der Waals surface area contributed by atoms with Crippen LogP contribution in [0.4, 0.5) is 0 Å². The predicted molar refractivity (Wildman–Crippen MR) is 64.6 cm³/mol. The molecule has 5 heteroatoms. The molecule has 0 atom stereocenters. The molecule has 0 aromatic carbocycles. The summed E-state index contributed by atoms with van der Waals surface area (Å²) >= 11 is 1.92. The van der Waals surface area contributed by atoms with Crippen LogP contribution in [0.25, 0.3) is 0 Å². The van der Waals surface area contributed by atoms with Crippen LogP contribution < -0.4 is 0 Å². The standard InChI is InChI=1S/C11H19NO3S/c1-2-15-11(14)8-10(13)9-12-4-3-6-16-7-5-12/h2-9H2,1H3. The van der Waals surface area contributed by atoms with Gasteiger partial charge in [0.25, 0.3) is 0 Å². The number of hydrogen-bond donors (Lipinski definition) is 0. The van der Waals surface area contributed by atoms with E-state index in [1.54, 1.807) is 6.92 Å². The normalized spacial score (nSPS) is 17.8. The Morgan fingerprint density at radius 3 is 2.88 bits per heavy atom. The van der Waals surface area contributed by atoms with Crippen molar-refractivity contribution in [3.63, 3.8) is 0 Å². The summed E-state index contributed by atoms with van der Waals surface area (Å²) in [5.74, 6) is 1.80. The molecular formula is C11H19NO3S. The van der Waals surface area contributed by atoms with Crippen molar-refractivity contribution < 1.29 is 14.3 Å². The molecule has 1 rings (SSSR count). The number of carbonyl (C=O) groups excluding carboxylic acids is 2. The van der Waals surface area contributed by atoms with E-state index in [4.69, 9.17) is 4.74 Å². The number of ketones is 1. The molecular weight excluding hydrogens is 226 g/mol. The fourth-order valence-electron chi connectivity index (χ4n) is 1.63. The highest BCUT2D eigenvalue weighted by Crippen LogP contribution is 2.09. The third-order valence-corrected chi connectivity index (χ3v) is 3.41. The molecule has 16 heavy (non-hydrogen) atoms. The van der Waals surface area contributed by atoms with Crippen LogP contribution in [-0.4, -0.2) is 54.4 Å². The molecule has 0 bridgehead atoms. The highest BCUT2D eigenvalue weighted by Gasteiger charge is 2.16. The number of esters is 1. The Morgan fingerprint density at radius 2 is 2.12 bits per heavy atom. The number of ether oxygens (including phenoxy) is 1. The third kappa shape index (κ3) is 5.51. The van der Waals surface area contributed by atoms with Crippen molar-refractivity contribution in [1.29, 1.82) is 0 Å². The van der Waals surface area contributed by atoms with E-state index in [2.05, 4.69) is 4.90 Å². The summed E-state index contributed by atoms with van der Waals surface area (Å²) in [6, 6.07) is 0. The Balaban J connectivity index is 2.24. The molecule has 0 radical (unpaired) electrons. The van der Waals surface area contributed by atoms with E-state index in [-0.39, 0.29) is 12.2 Å². The lowest BCUT2D eigenvalue weighted by atomic mass is 10.2. The van der Waals surface area contributed by atoms with Crippen LogP contribution in [0.3, 0.4) is 0 Å². The zero-order valence-corrected chi connectivity index (χ0v) is 10.6. The highest BCUT2D eigenvalue weighted by atomic mass is 32.2. The summed E-state index contributed by atoms with van der Waals surface area (Å²) in [6.07, 6.45) is 1.04. The lowest BCUT2D eigenvalue weighted by molar-refractivity contribution is -0.145. The van der Waals surface area contributed by atoms with E-state index in [0.29, 0.717) is 13.2 Å². The second-order valence-corrected chi connectivity index (χ2v) is 4.99. The monoisotopic (exact) mass is 245 g/mol. The molecule has 0 spiro atoms. The molecule has 1 heterocycles. The van der Waals surface area contributed by atoms with Gasteiger partial charge in [0.15, 0.2) is 5.78 Å². The van der Waals surface area contributed by atoms with Gasteiger partial charge in [-0.2, -0.15) is 11.8 Å². The van der Waals surface area contributed by atoms with Crippen molar-refractivity contribution in [2.45, 2.75) is 19.8 Å². The first kappa shape index (κ1) is 13.5. The fraction of sp³-hybridized carbons (Fsp3) is 0.818. The molecule has 0 amide bonds. The topological polar surface area (TPSA) is 46.6 Å². The molecule has 1 saturated heterocycles. The van der Waals surface area contributed by atoms with Crippen LogP contribution in [0, 0.1) is 0 Å². The molecule has 0 aliphatic carbocycles. The minimum atomic E-state index is -0.406. The van der Waals surface area contributed by atoms with Crippen molar-refractivity contribution in [2.75, 3.05) is 37.7 Å². The van der Waals surface area contributed by atoms with Crippen LogP contribution in [0.5, 0.6) is 0 Å². The first-order valence-electron chi connectivity index (χ1n) is 5.69. The maximum Gasteiger partial charge on any atom is 0.313 e. The number of thioether (sulfide) groups is 1. The summed E-state index contributed by atoms with van der Waals surface area (Å²) in [5.41, 5.74) is 0. The Bertz CT molecular complexity index is 237. The number of hydrogen-bond acceptors (Lipinski definition) is 5. The maximum absolute atomic E-state index is 11.6. The Morgan fingerprint density at radius 1 is 1.31 bits per heavy atom. The molecule has 0 aromatic rings. The van der Waals surface area contributed by atoms with E-state index < -0.39 is 5.97 Å². The highest BCUT2D eigenvalue weighted by molar-refractivity contribution is 7.99. The van der Waals surface area contributed by atoms with E-state index in [9.17, 15) is 9.59 Å². The van der Waals surface area contributed by atoms with Gasteiger partial charge in [0, 0.05) is 12.3 Å². The van der Waals surface area contributed by atoms with Gasteiger partial charge in [-0.3, -0.25) is 14.5 Å². The Kier molecular flexibility index (Phi) is 6.49. The van der Waals surface area contributed by atoms with E-state index in [1.807, 2.05) is 11.8 Å². The van der Waals surface area contributed by atoms with Crippen molar-refractivity contribution in [3.8, 4) is 0 Å². The SMILES string of the molecule is CCOC(=O)CC(=O)CN1CCCSCC1. The molecule has 92 valence electrons. The van der Waals surface area contributed by atoms with Crippen LogP contribution in [0.2, 0.25) is 0 Å². The lowest BCUT2D eigenvalue weighted by Gasteiger charge is -2.17. The second-order valence-electron chi connectivity index (χ2n) is 3.76. The summed E-state index contributed by atoms with van der Waals surface area (Å²) in [6.45, 7) is 4.38. The van der Waals surface area contributed by atoms with Gasteiger partial charge in [0.2, 0.25) is 0 Å². The Labute approximate surface area is 101 Å². The van der Waals surface area contributed by atoms with E-state index in [1.165, 1.54) is 5.75 Å². The first-order valence-corrected chi connectivity index (χ1v) is 6.85.